The van der Waals surface area contributed by atoms with Gasteiger partial charge >= 0.3 is 11.9 Å². The molecule has 0 heterocycles. The second-order valence-electron chi connectivity index (χ2n) is 21.6. The highest BCUT2D eigenvalue weighted by atomic mass is 32.1. The number of thiol groups is 1. The van der Waals surface area contributed by atoms with Gasteiger partial charge in [0.15, 0.2) is 5.54 Å². The number of carboxylic acids is 2. The molecule has 0 aromatic heterocycles. The van der Waals surface area contributed by atoms with Crippen molar-refractivity contribution in [3.8, 4) is 0 Å². The Labute approximate surface area is 500 Å². The number of primary amides is 1. The van der Waals surface area contributed by atoms with E-state index in [2.05, 4.69) is 26.6 Å². The fourth-order valence-corrected chi connectivity index (χ4v) is 12.0. The van der Waals surface area contributed by atoms with Crippen LogP contribution in [0.2, 0.25) is 0 Å². The highest BCUT2D eigenvalue weighted by molar-refractivity contribution is 7.80. The van der Waals surface area contributed by atoms with Crippen LogP contribution in [0, 0.1) is 0 Å². The zero-order chi connectivity index (χ0) is 61.8. The Kier molecular flexibility index (Phi) is 20.9. The minimum Gasteiger partial charge on any atom is -0.481 e. The fourth-order valence-electron chi connectivity index (χ4n) is 11.5. The van der Waals surface area contributed by atoms with Crippen LogP contribution in [0.25, 0.3) is 64.6 Å². The van der Waals surface area contributed by atoms with Crippen LogP contribution in [-0.4, -0.2) is 126 Å². The van der Waals surface area contributed by atoms with E-state index in [-0.39, 0.29) is 43.6 Å². The van der Waals surface area contributed by atoms with Crippen LogP contribution in [0.15, 0.2) is 109 Å². The molecule has 0 aliphatic heterocycles. The predicted molar refractivity (Wildman–Crippen MR) is 334 cm³/mol. The second-order valence-corrected chi connectivity index (χ2v) is 22.0. The molecule has 17 N–H and O–H groups in total. The van der Waals surface area contributed by atoms with Gasteiger partial charge in [0, 0.05) is 11.1 Å². The zero-order valence-electron chi connectivity index (χ0n) is 47.4. The Balaban J connectivity index is 1.36. The number of nitrogens with two attached hydrogens (primary N) is 5. The quantitative estimate of drug-likeness (QED) is 0.0162. The predicted octanol–water partition coefficient (Wildman–Crippen LogP) is 3.84. The summed E-state index contributed by atoms with van der Waals surface area (Å²) in [7, 11) is 0. The number of amides is 7. The van der Waals surface area contributed by atoms with Crippen LogP contribution in [0.5, 0.6) is 0 Å². The van der Waals surface area contributed by atoms with E-state index in [0.29, 0.717) is 55.8 Å². The molecule has 0 unspecified atom stereocenters. The van der Waals surface area contributed by atoms with Gasteiger partial charge in [-0.25, -0.2) is 0 Å². The topological polar surface area (TPSA) is 388 Å². The summed E-state index contributed by atoms with van der Waals surface area (Å²) < 4.78 is 0. The van der Waals surface area contributed by atoms with E-state index in [1.54, 1.807) is 12.1 Å². The highest BCUT2D eigenvalue weighted by Crippen LogP contribution is 2.47. The van der Waals surface area contributed by atoms with Crippen LogP contribution >= 0.6 is 12.6 Å². The van der Waals surface area contributed by atoms with E-state index in [4.69, 9.17) is 41.3 Å². The van der Waals surface area contributed by atoms with Gasteiger partial charge in [-0.2, -0.15) is 12.6 Å². The number of carboxylic acid groups (broad SMARTS) is 2. The first kappa shape index (κ1) is 63.3. The van der Waals surface area contributed by atoms with Crippen molar-refractivity contribution in [1.82, 2.24) is 26.6 Å². The van der Waals surface area contributed by atoms with Gasteiger partial charge in [-0.1, -0.05) is 110 Å². The second kappa shape index (κ2) is 28.4. The summed E-state index contributed by atoms with van der Waals surface area (Å²) in [6.45, 7) is 0.231. The van der Waals surface area contributed by atoms with Gasteiger partial charge < -0.3 is 65.5 Å². The third kappa shape index (κ3) is 13.7. The minimum absolute atomic E-state index is 0.0143. The van der Waals surface area contributed by atoms with Crippen molar-refractivity contribution >= 4 is 136 Å². The molecule has 22 nitrogen and oxygen atoms in total. The molecule has 0 radical (unpaired) electrons. The van der Waals surface area contributed by atoms with Crippen molar-refractivity contribution in [2.45, 2.75) is 106 Å². The fraction of sp³-hybridized carbons (Fsp3) is 0.349. The number of aliphatic carboxylic acids is 2. The number of carbonyl (C=O) groups is 9. The van der Waals surface area contributed by atoms with Gasteiger partial charge in [0.1, 0.15) is 24.2 Å². The molecule has 0 saturated heterocycles. The van der Waals surface area contributed by atoms with E-state index in [9.17, 15) is 43.8 Å². The molecule has 8 rings (SSSR count). The molecule has 23 heteroatoms. The molecule has 8 aromatic rings. The summed E-state index contributed by atoms with van der Waals surface area (Å²) in [5, 5.41) is 41.8. The van der Waals surface area contributed by atoms with Gasteiger partial charge in [-0.15, -0.1) is 0 Å². The van der Waals surface area contributed by atoms with Crippen LogP contribution < -0.4 is 60.2 Å². The van der Waals surface area contributed by atoms with Gasteiger partial charge in [-0.3, -0.25) is 48.1 Å². The maximum atomic E-state index is 16.8. The van der Waals surface area contributed by atoms with Gasteiger partial charge in [0.2, 0.25) is 29.5 Å². The van der Waals surface area contributed by atoms with E-state index in [1.165, 1.54) is 4.90 Å². The maximum absolute atomic E-state index is 16.8. The van der Waals surface area contributed by atoms with Crippen molar-refractivity contribution in [1.29, 1.82) is 0 Å². The molecule has 0 spiro atoms. The molecular formula is C63H73N11O11S. The Morgan fingerprint density at radius 3 is 1.49 bits per heavy atom. The molecule has 7 amide bonds. The first-order valence-electron chi connectivity index (χ1n) is 28.7. The van der Waals surface area contributed by atoms with Crippen LogP contribution in [-0.2, 0) is 48.7 Å². The lowest BCUT2D eigenvalue weighted by molar-refractivity contribution is -0.143. The summed E-state index contributed by atoms with van der Waals surface area (Å²) in [6, 6.07) is 26.5. The third-order valence-corrected chi connectivity index (χ3v) is 16.3. The number of nitrogens with zero attached hydrogens (tertiary/aromatic N) is 1. The number of rotatable bonds is 32. The van der Waals surface area contributed by atoms with E-state index in [1.807, 2.05) is 97.1 Å². The van der Waals surface area contributed by atoms with Gasteiger partial charge in [0.25, 0.3) is 11.8 Å². The number of carbonyl (C=O) groups excluding carboxylic acids is 7. The monoisotopic (exact) mass is 1190 g/mol. The largest absolute Gasteiger partial charge is 0.481 e. The Bertz CT molecular complexity index is 3800. The maximum Gasteiger partial charge on any atom is 0.305 e. The number of hydrogen-bond acceptors (Lipinski definition) is 14. The van der Waals surface area contributed by atoms with E-state index < -0.39 is 114 Å². The van der Waals surface area contributed by atoms with Crippen molar-refractivity contribution in [2.75, 3.05) is 36.8 Å². The van der Waals surface area contributed by atoms with Gasteiger partial charge in [0.05, 0.1) is 31.1 Å². The lowest BCUT2D eigenvalue weighted by Crippen LogP contribution is -2.66. The summed E-state index contributed by atoms with van der Waals surface area (Å²) in [5.41, 5.74) is 27.4. The minimum atomic E-state index is -2.33. The lowest BCUT2D eigenvalue weighted by Gasteiger charge is -2.45. The van der Waals surface area contributed by atoms with Gasteiger partial charge in [-0.05, 0) is 142 Å². The number of hydrogen-bond donors (Lipinski definition) is 13. The summed E-state index contributed by atoms with van der Waals surface area (Å²) in [5.74, 6) is -10.2. The lowest BCUT2D eigenvalue weighted by atomic mass is 9.80. The van der Waals surface area contributed by atoms with Crippen molar-refractivity contribution < 1.29 is 53.4 Å². The average molecular weight is 1190 g/mol. The Morgan fingerprint density at radius 1 is 0.500 bits per heavy atom. The smallest absolute Gasteiger partial charge is 0.305 e. The molecule has 0 aliphatic rings. The molecule has 0 saturated carbocycles. The normalized spacial score (nSPS) is 14.1. The summed E-state index contributed by atoms with van der Waals surface area (Å²) >= 11 is 5.11. The van der Waals surface area contributed by atoms with Crippen molar-refractivity contribution in [3.05, 3.63) is 115 Å². The third-order valence-electron chi connectivity index (χ3n) is 15.9. The molecular weight excluding hydrogens is 1120 g/mol. The first-order valence-corrected chi connectivity index (χ1v) is 29.4. The molecule has 0 aliphatic carbocycles. The Morgan fingerprint density at radius 2 is 0.953 bits per heavy atom. The number of unbranched alkanes of at least 4 members (excludes halogenated alkanes) is 3. The molecule has 86 heavy (non-hydrogen) atoms. The van der Waals surface area contributed by atoms with Crippen LogP contribution in [0.1, 0.15) is 76.2 Å². The number of benzene rings is 8. The van der Waals surface area contributed by atoms with E-state index in [0.717, 1.165) is 53.9 Å². The zero-order valence-corrected chi connectivity index (χ0v) is 48.3. The number of anilines is 1. The number of nitrogens with one attached hydrogen (secondary N) is 5. The first-order chi connectivity index (χ1) is 41.4. The average Bonchev–Trinajstić information content (AvgIpc) is 0.727. The molecule has 452 valence electrons. The van der Waals surface area contributed by atoms with Crippen LogP contribution in [0.4, 0.5) is 5.69 Å². The summed E-state index contributed by atoms with van der Waals surface area (Å²) in [6.07, 6.45) is 0.609. The molecule has 0 fully saturated rings. The molecule has 6 atom stereocenters. The van der Waals surface area contributed by atoms with Crippen LogP contribution in [0.3, 0.4) is 0 Å². The standard InChI is InChI=1S/C63H73N11O11S/c64-28-4-1-13-44(67)58(81)69-33-50(75)70-46(15-3-6-30-66)61(84)74(49-27-23-40-19-17-36-10-8-12-38-21-25-42(49)56(40)54(36)38)63(34-86,43-26-22-39-18-16-35-9-7-11-37-20-24-41(43)55(39)53(35)37)62(85)73-45(14-2-5-29-65)59(82)72-48(32-52(78)79)60(83)71-47(57(68)80)31-51(76)77/h7-12,16-27,44-48,86H,1-6,13-15,28-34,64-67H2,(H2,68,80)(H,69,81)(H,70,75)(H,71,83)(H,72,82)(H,73,85)(H,76,77)(H,78,79)/t44-,45-,46-,47-,48-,63+/m0/s1. The van der Waals surface area contributed by atoms with Crippen molar-refractivity contribution in [2.24, 2.45) is 28.7 Å². The molecule has 0 bridgehead atoms. The SMILES string of the molecule is NCCCC[C@H](NC(=O)[C@@](CS)(c1ccc2ccc3cccc4ccc1c2c34)N(C(=O)[C@H](CCCCN)NC(=O)CNC(=O)[C@@H](N)CCCCN)c1ccc2ccc3cccc4ccc1c2c34)C(=O)N[C@@H](CC(=O)O)C(=O)N[C@@H](CC(=O)O)C(N)=O. The Hall–Kier alpha value is -8.74. The summed E-state index contributed by atoms with van der Waals surface area (Å²) in [4.78, 5) is 128. The molecule has 8 aromatic carbocycles. The highest BCUT2D eigenvalue weighted by Gasteiger charge is 2.52. The van der Waals surface area contributed by atoms with E-state index >= 15 is 9.59 Å². The van der Waals surface area contributed by atoms with Crippen molar-refractivity contribution in [3.63, 3.8) is 0 Å².